The van der Waals surface area contributed by atoms with Gasteiger partial charge in [-0.1, -0.05) is 6.07 Å². The van der Waals surface area contributed by atoms with Crippen LogP contribution in [0.4, 0.5) is 0 Å². The van der Waals surface area contributed by atoms with Crippen LogP contribution >= 0.6 is 0 Å². The summed E-state index contributed by atoms with van der Waals surface area (Å²) in [6.45, 7) is 7.21. The molecular formula is C20H31N5O. The number of aromatic nitrogens is 2. The number of hydrogen-bond donors (Lipinski definition) is 1. The van der Waals surface area contributed by atoms with Crippen molar-refractivity contribution in [1.82, 2.24) is 19.4 Å². The first-order valence-electron chi connectivity index (χ1n) is 9.29. The molecule has 2 heterocycles. The number of nitrogens with one attached hydrogen (secondary N) is 1. The second-order valence-corrected chi connectivity index (χ2v) is 6.57. The topological polar surface area (TPSA) is 54.6 Å². The Bertz CT molecular complexity index is 775. The van der Waals surface area contributed by atoms with Gasteiger partial charge in [-0.3, -0.25) is 9.79 Å². The molecule has 0 spiro atoms. The standard InChI is InChI=1S/C20H31N5O/c1-5-21-20(24(4)16-18-11-9-14-23(18)3)22-13-6-7-15-25-17(2)10-8-12-19(25)26/h8-12,14H,5-7,13,15-16H2,1-4H3,(H,21,22). The third kappa shape index (κ3) is 5.51. The van der Waals surface area contributed by atoms with Gasteiger partial charge in [0.2, 0.25) is 0 Å². The lowest BCUT2D eigenvalue weighted by Gasteiger charge is -2.22. The third-order valence-electron chi connectivity index (χ3n) is 4.47. The molecule has 0 aromatic carbocycles. The first-order chi connectivity index (χ1) is 12.5. The van der Waals surface area contributed by atoms with E-state index in [1.54, 1.807) is 6.07 Å². The molecule has 0 amide bonds. The fraction of sp³-hybridized carbons (Fsp3) is 0.500. The van der Waals surface area contributed by atoms with Crippen LogP contribution in [-0.4, -0.2) is 40.1 Å². The predicted molar refractivity (Wildman–Crippen MR) is 108 cm³/mol. The Morgan fingerprint density at radius 2 is 2.04 bits per heavy atom. The normalized spacial score (nSPS) is 11.6. The molecule has 0 atom stereocenters. The van der Waals surface area contributed by atoms with Crippen LogP contribution in [0, 0.1) is 6.92 Å². The van der Waals surface area contributed by atoms with E-state index in [1.807, 2.05) is 23.6 Å². The summed E-state index contributed by atoms with van der Waals surface area (Å²) in [5, 5.41) is 3.35. The van der Waals surface area contributed by atoms with Crippen LogP contribution in [0.2, 0.25) is 0 Å². The number of hydrogen-bond acceptors (Lipinski definition) is 2. The second kappa shape index (κ2) is 9.85. The monoisotopic (exact) mass is 357 g/mol. The molecule has 142 valence electrons. The molecule has 0 bridgehead atoms. The molecule has 0 saturated heterocycles. The number of guanidine groups is 1. The van der Waals surface area contributed by atoms with Gasteiger partial charge in [0.25, 0.3) is 5.56 Å². The van der Waals surface area contributed by atoms with Gasteiger partial charge in [0.15, 0.2) is 5.96 Å². The van der Waals surface area contributed by atoms with Crippen LogP contribution in [0.1, 0.15) is 31.2 Å². The molecule has 0 aliphatic heterocycles. The maximum Gasteiger partial charge on any atom is 0.250 e. The van der Waals surface area contributed by atoms with Crippen LogP contribution in [0.15, 0.2) is 46.3 Å². The number of unbranched alkanes of at least 4 members (excludes halogenated alkanes) is 1. The zero-order valence-electron chi connectivity index (χ0n) is 16.4. The molecule has 2 aromatic rings. The van der Waals surface area contributed by atoms with Crippen molar-refractivity contribution in [3.05, 3.63) is 58.3 Å². The lowest BCUT2D eigenvalue weighted by molar-refractivity contribution is 0.461. The molecule has 0 aliphatic rings. The minimum absolute atomic E-state index is 0.0733. The van der Waals surface area contributed by atoms with Crippen molar-refractivity contribution in [2.45, 2.75) is 39.8 Å². The number of nitrogens with zero attached hydrogens (tertiary/aromatic N) is 4. The van der Waals surface area contributed by atoms with Crippen molar-refractivity contribution >= 4 is 5.96 Å². The van der Waals surface area contributed by atoms with E-state index in [0.29, 0.717) is 0 Å². The summed E-state index contributed by atoms with van der Waals surface area (Å²) >= 11 is 0. The van der Waals surface area contributed by atoms with Crippen molar-refractivity contribution in [1.29, 1.82) is 0 Å². The molecule has 6 nitrogen and oxygen atoms in total. The van der Waals surface area contributed by atoms with E-state index in [-0.39, 0.29) is 5.56 Å². The SMILES string of the molecule is CCNC(=NCCCCn1c(C)cccc1=O)N(C)Cc1cccn1C. The molecule has 6 heteroatoms. The summed E-state index contributed by atoms with van der Waals surface area (Å²) in [6, 6.07) is 9.58. The molecule has 26 heavy (non-hydrogen) atoms. The first-order valence-corrected chi connectivity index (χ1v) is 9.29. The Kier molecular flexibility index (Phi) is 7.51. The fourth-order valence-electron chi connectivity index (χ4n) is 2.92. The Balaban J connectivity index is 1.86. The molecule has 0 aliphatic carbocycles. The van der Waals surface area contributed by atoms with Crippen molar-refractivity contribution in [2.24, 2.45) is 12.0 Å². The van der Waals surface area contributed by atoms with Gasteiger partial charge in [0.05, 0.1) is 6.54 Å². The number of aliphatic imine (C=N–C) groups is 1. The van der Waals surface area contributed by atoms with Gasteiger partial charge in [-0.25, -0.2) is 0 Å². The highest BCUT2D eigenvalue weighted by Gasteiger charge is 2.08. The predicted octanol–water partition coefficient (Wildman–Crippen LogP) is 2.37. The minimum Gasteiger partial charge on any atom is -0.357 e. The lowest BCUT2D eigenvalue weighted by Crippen LogP contribution is -2.38. The van der Waals surface area contributed by atoms with Crippen molar-refractivity contribution in [2.75, 3.05) is 20.1 Å². The molecule has 1 N–H and O–H groups in total. The highest BCUT2D eigenvalue weighted by molar-refractivity contribution is 5.79. The van der Waals surface area contributed by atoms with E-state index < -0.39 is 0 Å². The van der Waals surface area contributed by atoms with Gasteiger partial charge in [0.1, 0.15) is 0 Å². The van der Waals surface area contributed by atoms with Gasteiger partial charge in [-0.2, -0.15) is 0 Å². The number of pyridine rings is 1. The van der Waals surface area contributed by atoms with Crippen LogP contribution in [0.25, 0.3) is 0 Å². The molecule has 0 fully saturated rings. The molecule has 2 rings (SSSR count). The number of rotatable bonds is 8. The summed E-state index contributed by atoms with van der Waals surface area (Å²) in [5.41, 5.74) is 2.33. The zero-order chi connectivity index (χ0) is 18.9. The molecule has 0 unspecified atom stereocenters. The van der Waals surface area contributed by atoms with Crippen LogP contribution in [0.3, 0.4) is 0 Å². The van der Waals surface area contributed by atoms with Crippen LogP contribution in [0.5, 0.6) is 0 Å². The zero-order valence-corrected chi connectivity index (χ0v) is 16.4. The average Bonchev–Trinajstić information content (AvgIpc) is 3.00. The average molecular weight is 358 g/mol. The highest BCUT2D eigenvalue weighted by atomic mass is 16.1. The van der Waals surface area contributed by atoms with E-state index in [0.717, 1.165) is 50.7 Å². The Morgan fingerprint density at radius 3 is 2.69 bits per heavy atom. The van der Waals surface area contributed by atoms with E-state index in [9.17, 15) is 4.79 Å². The van der Waals surface area contributed by atoms with Crippen LogP contribution < -0.4 is 10.9 Å². The van der Waals surface area contributed by atoms with Crippen molar-refractivity contribution < 1.29 is 0 Å². The Hall–Kier alpha value is -2.50. The van der Waals surface area contributed by atoms with E-state index in [4.69, 9.17) is 4.99 Å². The lowest BCUT2D eigenvalue weighted by atomic mass is 10.3. The third-order valence-corrected chi connectivity index (χ3v) is 4.47. The Morgan fingerprint density at radius 1 is 1.23 bits per heavy atom. The highest BCUT2D eigenvalue weighted by Crippen LogP contribution is 2.04. The summed E-state index contributed by atoms with van der Waals surface area (Å²) < 4.78 is 3.95. The van der Waals surface area contributed by atoms with Crippen LogP contribution in [-0.2, 0) is 20.1 Å². The first kappa shape index (κ1) is 19.8. The quantitative estimate of drug-likeness (QED) is 0.448. The second-order valence-electron chi connectivity index (χ2n) is 6.57. The van der Waals surface area contributed by atoms with Gasteiger partial charge in [-0.15, -0.1) is 0 Å². The largest absolute Gasteiger partial charge is 0.357 e. The smallest absolute Gasteiger partial charge is 0.250 e. The Labute approximate surface area is 156 Å². The van der Waals surface area contributed by atoms with Crippen molar-refractivity contribution in [3.8, 4) is 0 Å². The minimum atomic E-state index is 0.0733. The summed E-state index contributed by atoms with van der Waals surface area (Å²) in [7, 11) is 4.11. The molecular weight excluding hydrogens is 326 g/mol. The summed E-state index contributed by atoms with van der Waals surface area (Å²) in [5.74, 6) is 0.918. The van der Waals surface area contributed by atoms with Gasteiger partial charge in [0, 0.05) is 57.4 Å². The molecule has 0 saturated carbocycles. The van der Waals surface area contributed by atoms with Gasteiger partial charge in [-0.05, 0) is 44.9 Å². The number of aryl methyl sites for hydroxylation is 2. The van der Waals surface area contributed by atoms with Crippen molar-refractivity contribution in [3.63, 3.8) is 0 Å². The van der Waals surface area contributed by atoms with E-state index >= 15 is 0 Å². The molecule has 0 radical (unpaired) electrons. The maximum atomic E-state index is 11.9. The van der Waals surface area contributed by atoms with Gasteiger partial charge < -0.3 is 19.4 Å². The van der Waals surface area contributed by atoms with E-state index in [2.05, 4.69) is 54.1 Å². The van der Waals surface area contributed by atoms with E-state index in [1.165, 1.54) is 5.69 Å². The summed E-state index contributed by atoms with van der Waals surface area (Å²) in [4.78, 5) is 18.8. The fourth-order valence-corrected chi connectivity index (χ4v) is 2.92. The van der Waals surface area contributed by atoms with Gasteiger partial charge >= 0.3 is 0 Å². The molecule has 2 aromatic heterocycles. The maximum absolute atomic E-state index is 11.9. The summed E-state index contributed by atoms with van der Waals surface area (Å²) in [6.07, 6.45) is 3.95.